The van der Waals surface area contributed by atoms with Gasteiger partial charge in [-0.15, -0.1) is 0 Å². The maximum absolute atomic E-state index is 4.20. The molecule has 60 valence electrons. The van der Waals surface area contributed by atoms with Crippen LogP contribution in [0.5, 0.6) is 0 Å². The van der Waals surface area contributed by atoms with Gasteiger partial charge in [0.1, 0.15) is 0 Å². The molecule has 3 heteroatoms. The molecule has 0 aromatic carbocycles. The molecule has 0 bridgehead atoms. The van der Waals surface area contributed by atoms with Crippen molar-refractivity contribution < 1.29 is 0 Å². The van der Waals surface area contributed by atoms with Crippen LogP contribution in [0.1, 0.15) is 24.2 Å². The standard InChI is InChI=1S/C8H13N3/c1-6-8(11-5-10-6)4-9-7-2-3-7/h5,7,9H,2-4H2,1H3,(H,10,11). The summed E-state index contributed by atoms with van der Waals surface area (Å²) in [6.45, 7) is 2.97. The third kappa shape index (κ3) is 1.60. The maximum Gasteiger partial charge on any atom is 0.0925 e. The second-order valence-corrected chi connectivity index (χ2v) is 3.13. The van der Waals surface area contributed by atoms with Crippen molar-refractivity contribution in [2.45, 2.75) is 32.4 Å². The van der Waals surface area contributed by atoms with Crippen molar-refractivity contribution in [2.24, 2.45) is 0 Å². The number of aromatic nitrogens is 2. The highest BCUT2D eigenvalue weighted by Crippen LogP contribution is 2.19. The van der Waals surface area contributed by atoms with Crippen LogP contribution in [-0.4, -0.2) is 16.0 Å². The average molecular weight is 151 g/mol. The summed E-state index contributed by atoms with van der Waals surface area (Å²) in [4.78, 5) is 7.26. The van der Waals surface area contributed by atoms with E-state index < -0.39 is 0 Å². The number of rotatable bonds is 3. The van der Waals surface area contributed by atoms with Gasteiger partial charge in [0.2, 0.25) is 0 Å². The molecule has 1 aromatic heterocycles. The maximum atomic E-state index is 4.20. The van der Waals surface area contributed by atoms with Gasteiger partial charge in [-0.3, -0.25) is 0 Å². The first-order chi connectivity index (χ1) is 5.36. The van der Waals surface area contributed by atoms with E-state index in [-0.39, 0.29) is 0 Å². The number of aromatic amines is 1. The molecular weight excluding hydrogens is 138 g/mol. The fraction of sp³-hybridized carbons (Fsp3) is 0.625. The summed E-state index contributed by atoms with van der Waals surface area (Å²) in [6.07, 6.45) is 4.42. The van der Waals surface area contributed by atoms with Crippen LogP contribution in [0, 0.1) is 6.92 Å². The fourth-order valence-electron chi connectivity index (χ4n) is 1.09. The number of hydrogen-bond donors (Lipinski definition) is 2. The minimum Gasteiger partial charge on any atom is -0.348 e. The van der Waals surface area contributed by atoms with Crippen molar-refractivity contribution in [3.8, 4) is 0 Å². The first kappa shape index (κ1) is 6.85. The van der Waals surface area contributed by atoms with Gasteiger partial charge >= 0.3 is 0 Å². The van der Waals surface area contributed by atoms with Gasteiger partial charge in [0.15, 0.2) is 0 Å². The first-order valence-corrected chi connectivity index (χ1v) is 4.08. The van der Waals surface area contributed by atoms with E-state index >= 15 is 0 Å². The van der Waals surface area contributed by atoms with Crippen LogP contribution in [0.4, 0.5) is 0 Å². The summed E-state index contributed by atoms with van der Waals surface area (Å²) in [5.74, 6) is 0. The lowest BCUT2D eigenvalue weighted by molar-refractivity contribution is 0.674. The van der Waals surface area contributed by atoms with Gasteiger partial charge in [-0.05, 0) is 19.8 Å². The Bertz CT molecular complexity index is 237. The molecule has 0 saturated heterocycles. The molecule has 0 amide bonds. The molecule has 1 saturated carbocycles. The number of nitrogens with one attached hydrogen (secondary N) is 2. The van der Waals surface area contributed by atoms with Gasteiger partial charge < -0.3 is 10.3 Å². The lowest BCUT2D eigenvalue weighted by atomic mass is 10.3. The van der Waals surface area contributed by atoms with Crippen LogP contribution in [-0.2, 0) is 6.54 Å². The number of nitrogens with zero attached hydrogens (tertiary/aromatic N) is 1. The fourth-order valence-corrected chi connectivity index (χ4v) is 1.09. The van der Waals surface area contributed by atoms with Crippen molar-refractivity contribution in [3.05, 3.63) is 17.7 Å². The number of hydrogen-bond acceptors (Lipinski definition) is 2. The molecule has 1 aliphatic carbocycles. The van der Waals surface area contributed by atoms with E-state index in [1.165, 1.54) is 18.5 Å². The van der Waals surface area contributed by atoms with Gasteiger partial charge in [0, 0.05) is 18.3 Å². The summed E-state index contributed by atoms with van der Waals surface area (Å²) in [7, 11) is 0. The minimum absolute atomic E-state index is 0.770. The highest BCUT2D eigenvalue weighted by atomic mass is 15.0. The monoisotopic (exact) mass is 151 g/mol. The zero-order valence-corrected chi connectivity index (χ0v) is 6.72. The molecule has 2 N–H and O–H groups in total. The van der Waals surface area contributed by atoms with Crippen LogP contribution in [0.25, 0.3) is 0 Å². The second-order valence-electron chi connectivity index (χ2n) is 3.13. The SMILES string of the molecule is Cc1[nH]cnc1CNC1CC1. The molecular formula is C8H13N3. The average Bonchev–Trinajstić information content (AvgIpc) is 2.73. The van der Waals surface area contributed by atoms with Crippen LogP contribution in [0.2, 0.25) is 0 Å². The summed E-state index contributed by atoms with van der Waals surface area (Å²) < 4.78 is 0. The van der Waals surface area contributed by atoms with Crippen molar-refractivity contribution in [1.82, 2.24) is 15.3 Å². The second kappa shape index (κ2) is 2.66. The van der Waals surface area contributed by atoms with E-state index in [0.717, 1.165) is 18.3 Å². The van der Waals surface area contributed by atoms with E-state index in [0.29, 0.717) is 0 Å². The third-order valence-corrected chi connectivity index (χ3v) is 2.07. The molecule has 1 heterocycles. The van der Waals surface area contributed by atoms with Crippen molar-refractivity contribution in [3.63, 3.8) is 0 Å². The van der Waals surface area contributed by atoms with E-state index in [2.05, 4.69) is 22.2 Å². The number of H-pyrrole nitrogens is 1. The first-order valence-electron chi connectivity index (χ1n) is 4.08. The molecule has 0 aliphatic heterocycles. The predicted molar refractivity (Wildman–Crippen MR) is 43.2 cm³/mol. The summed E-state index contributed by atoms with van der Waals surface area (Å²) >= 11 is 0. The van der Waals surface area contributed by atoms with Gasteiger partial charge in [0.05, 0.1) is 12.0 Å². The Morgan fingerprint density at radius 3 is 3.09 bits per heavy atom. The van der Waals surface area contributed by atoms with Crippen molar-refractivity contribution in [1.29, 1.82) is 0 Å². The molecule has 0 atom stereocenters. The summed E-state index contributed by atoms with van der Waals surface area (Å²) in [5, 5.41) is 3.42. The summed E-state index contributed by atoms with van der Waals surface area (Å²) in [6, 6.07) is 0.770. The smallest absolute Gasteiger partial charge is 0.0925 e. The van der Waals surface area contributed by atoms with E-state index in [1.54, 1.807) is 6.33 Å². The Balaban J connectivity index is 1.89. The Labute approximate surface area is 66.2 Å². The molecule has 1 aliphatic rings. The van der Waals surface area contributed by atoms with Gasteiger partial charge in [-0.1, -0.05) is 0 Å². The highest BCUT2D eigenvalue weighted by molar-refractivity contribution is 5.08. The zero-order chi connectivity index (χ0) is 7.68. The Morgan fingerprint density at radius 1 is 1.73 bits per heavy atom. The molecule has 1 aromatic rings. The Hall–Kier alpha value is -0.830. The van der Waals surface area contributed by atoms with Crippen LogP contribution in [0.3, 0.4) is 0 Å². The van der Waals surface area contributed by atoms with Gasteiger partial charge in [-0.2, -0.15) is 0 Å². The molecule has 3 nitrogen and oxygen atoms in total. The Kier molecular flexibility index (Phi) is 1.66. The number of aryl methyl sites for hydroxylation is 1. The largest absolute Gasteiger partial charge is 0.348 e. The van der Waals surface area contributed by atoms with Gasteiger partial charge in [0.25, 0.3) is 0 Å². The molecule has 0 radical (unpaired) electrons. The van der Waals surface area contributed by atoms with Crippen LogP contribution in [0.15, 0.2) is 6.33 Å². The lowest BCUT2D eigenvalue weighted by Gasteiger charge is -1.98. The van der Waals surface area contributed by atoms with Gasteiger partial charge in [-0.25, -0.2) is 4.98 Å². The minimum atomic E-state index is 0.770. The highest BCUT2D eigenvalue weighted by Gasteiger charge is 2.20. The molecule has 2 rings (SSSR count). The quantitative estimate of drug-likeness (QED) is 0.675. The molecule has 0 spiro atoms. The van der Waals surface area contributed by atoms with E-state index in [1.807, 2.05) is 0 Å². The molecule has 0 unspecified atom stereocenters. The topological polar surface area (TPSA) is 40.7 Å². The van der Waals surface area contributed by atoms with Crippen LogP contribution < -0.4 is 5.32 Å². The normalized spacial score (nSPS) is 17.2. The van der Waals surface area contributed by atoms with Crippen molar-refractivity contribution in [2.75, 3.05) is 0 Å². The number of imidazole rings is 1. The predicted octanol–water partition coefficient (Wildman–Crippen LogP) is 0.970. The van der Waals surface area contributed by atoms with Crippen molar-refractivity contribution >= 4 is 0 Å². The lowest BCUT2D eigenvalue weighted by Crippen LogP contribution is -2.16. The van der Waals surface area contributed by atoms with E-state index in [9.17, 15) is 0 Å². The van der Waals surface area contributed by atoms with Crippen LogP contribution >= 0.6 is 0 Å². The van der Waals surface area contributed by atoms with E-state index in [4.69, 9.17) is 0 Å². The third-order valence-electron chi connectivity index (χ3n) is 2.07. The Morgan fingerprint density at radius 2 is 2.55 bits per heavy atom. The zero-order valence-electron chi connectivity index (χ0n) is 6.72. The molecule has 11 heavy (non-hydrogen) atoms. The molecule has 1 fully saturated rings. The summed E-state index contributed by atoms with van der Waals surface area (Å²) in [5.41, 5.74) is 2.33.